The van der Waals surface area contributed by atoms with Gasteiger partial charge in [0.2, 0.25) is 0 Å². The van der Waals surface area contributed by atoms with E-state index >= 15 is 0 Å². The Morgan fingerprint density at radius 3 is 2.78 bits per heavy atom. The zero-order chi connectivity index (χ0) is 13.2. The first kappa shape index (κ1) is 13.7. The molecule has 0 aromatic heterocycles. The Labute approximate surface area is 118 Å². The second-order valence-corrected chi connectivity index (χ2v) is 6.63. The molecule has 18 heavy (non-hydrogen) atoms. The topological polar surface area (TPSA) is 21.3 Å². The van der Waals surface area contributed by atoms with Crippen molar-refractivity contribution in [3.63, 3.8) is 0 Å². The zero-order valence-corrected chi connectivity index (χ0v) is 13.0. The Kier molecular flexibility index (Phi) is 4.21. The van der Waals surface area contributed by atoms with E-state index in [1.807, 2.05) is 12.1 Å². The molecule has 1 atom stereocenters. The highest BCUT2D eigenvalue weighted by Crippen LogP contribution is 2.39. The van der Waals surface area contributed by atoms with Gasteiger partial charge < -0.3 is 10.1 Å². The van der Waals surface area contributed by atoms with Gasteiger partial charge in [0.15, 0.2) is 0 Å². The lowest BCUT2D eigenvalue weighted by Gasteiger charge is -2.39. The van der Waals surface area contributed by atoms with Crippen molar-refractivity contribution in [3.05, 3.63) is 22.7 Å². The van der Waals surface area contributed by atoms with Crippen LogP contribution in [0, 0.1) is 5.41 Å². The van der Waals surface area contributed by atoms with E-state index in [4.69, 9.17) is 4.74 Å². The zero-order valence-electron chi connectivity index (χ0n) is 11.4. The number of ether oxygens (including phenoxy) is 1. The van der Waals surface area contributed by atoms with Gasteiger partial charge >= 0.3 is 0 Å². The molecule has 0 bridgehead atoms. The number of hydrogen-bond acceptors (Lipinski definition) is 2. The van der Waals surface area contributed by atoms with Gasteiger partial charge in [-0.25, -0.2) is 0 Å². The minimum atomic E-state index is 0.362. The van der Waals surface area contributed by atoms with E-state index in [2.05, 4.69) is 41.2 Å². The molecule has 0 saturated heterocycles. The predicted octanol–water partition coefficient (Wildman–Crippen LogP) is 4.84. The SMILES string of the molecule is COc1ccc(Br)c(NC2CCCCC2(C)C)c1. The molecule has 0 radical (unpaired) electrons. The number of benzene rings is 1. The van der Waals surface area contributed by atoms with Crippen LogP contribution in [-0.2, 0) is 0 Å². The van der Waals surface area contributed by atoms with Crippen molar-refractivity contribution >= 4 is 21.6 Å². The molecule has 0 amide bonds. The summed E-state index contributed by atoms with van der Waals surface area (Å²) >= 11 is 3.61. The third kappa shape index (κ3) is 3.00. The highest BCUT2D eigenvalue weighted by atomic mass is 79.9. The number of hydrogen-bond donors (Lipinski definition) is 1. The van der Waals surface area contributed by atoms with Gasteiger partial charge in [-0.15, -0.1) is 0 Å². The van der Waals surface area contributed by atoms with E-state index in [0.717, 1.165) is 15.9 Å². The Balaban J connectivity index is 2.17. The van der Waals surface area contributed by atoms with Crippen molar-refractivity contribution in [2.24, 2.45) is 5.41 Å². The predicted molar refractivity (Wildman–Crippen MR) is 80.4 cm³/mol. The summed E-state index contributed by atoms with van der Waals surface area (Å²) in [6, 6.07) is 6.61. The molecule has 2 rings (SSSR count). The van der Waals surface area contributed by atoms with Crippen LogP contribution in [0.3, 0.4) is 0 Å². The van der Waals surface area contributed by atoms with E-state index in [9.17, 15) is 0 Å². The van der Waals surface area contributed by atoms with E-state index < -0.39 is 0 Å². The molecule has 3 heteroatoms. The average Bonchev–Trinajstić information content (AvgIpc) is 2.34. The van der Waals surface area contributed by atoms with Crippen LogP contribution in [0.2, 0.25) is 0 Å². The molecule has 1 N–H and O–H groups in total. The lowest BCUT2D eigenvalue weighted by Crippen LogP contribution is -2.38. The van der Waals surface area contributed by atoms with E-state index in [0.29, 0.717) is 11.5 Å². The fraction of sp³-hybridized carbons (Fsp3) is 0.600. The van der Waals surface area contributed by atoms with Crippen LogP contribution < -0.4 is 10.1 Å². The molecule has 0 aliphatic heterocycles. The summed E-state index contributed by atoms with van der Waals surface area (Å²) < 4.78 is 6.39. The molecule has 0 heterocycles. The quantitative estimate of drug-likeness (QED) is 0.862. The normalized spacial score (nSPS) is 22.6. The molecule has 1 fully saturated rings. The van der Waals surface area contributed by atoms with Crippen LogP contribution in [0.1, 0.15) is 39.5 Å². The van der Waals surface area contributed by atoms with Crippen LogP contribution in [0.4, 0.5) is 5.69 Å². The second-order valence-electron chi connectivity index (χ2n) is 5.78. The molecular weight excluding hydrogens is 290 g/mol. The van der Waals surface area contributed by atoms with E-state index in [1.54, 1.807) is 7.11 Å². The molecule has 1 aliphatic rings. The highest BCUT2D eigenvalue weighted by Gasteiger charge is 2.32. The molecule has 2 nitrogen and oxygen atoms in total. The van der Waals surface area contributed by atoms with Crippen LogP contribution in [0.5, 0.6) is 5.75 Å². The molecule has 1 unspecified atom stereocenters. The molecule has 100 valence electrons. The Hall–Kier alpha value is -0.700. The van der Waals surface area contributed by atoms with Crippen molar-refractivity contribution in [3.8, 4) is 5.75 Å². The highest BCUT2D eigenvalue weighted by molar-refractivity contribution is 9.10. The van der Waals surface area contributed by atoms with Crippen molar-refractivity contribution in [1.82, 2.24) is 0 Å². The minimum absolute atomic E-state index is 0.362. The van der Waals surface area contributed by atoms with Crippen molar-refractivity contribution in [2.75, 3.05) is 12.4 Å². The lowest BCUT2D eigenvalue weighted by atomic mass is 9.73. The van der Waals surface area contributed by atoms with Gasteiger partial charge in [-0.3, -0.25) is 0 Å². The first-order chi connectivity index (χ1) is 8.53. The Bertz CT molecular complexity index is 417. The summed E-state index contributed by atoms with van der Waals surface area (Å²) in [4.78, 5) is 0. The van der Waals surface area contributed by atoms with Crippen molar-refractivity contribution < 1.29 is 4.74 Å². The van der Waals surface area contributed by atoms with Crippen molar-refractivity contribution in [1.29, 1.82) is 0 Å². The monoisotopic (exact) mass is 311 g/mol. The summed E-state index contributed by atoms with van der Waals surface area (Å²) in [5, 5.41) is 3.69. The molecule has 0 spiro atoms. The average molecular weight is 312 g/mol. The summed E-state index contributed by atoms with van der Waals surface area (Å²) in [7, 11) is 1.71. The Morgan fingerprint density at radius 2 is 2.11 bits per heavy atom. The molecule has 1 aromatic rings. The minimum Gasteiger partial charge on any atom is -0.497 e. The molecule has 1 saturated carbocycles. The van der Waals surface area contributed by atoms with Gasteiger partial charge in [0, 0.05) is 16.6 Å². The number of halogens is 1. The number of methoxy groups -OCH3 is 1. The summed E-state index contributed by atoms with van der Waals surface area (Å²) in [5.74, 6) is 0.898. The van der Waals surface area contributed by atoms with Crippen LogP contribution >= 0.6 is 15.9 Å². The standard InChI is InChI=1S/C15H22BrNO/c1-15(2)9-5-4-6-14(15)17-13-10-11(18-3)7-8-12(13)16/h7-8,10,14,17H,4-6,9H2,1-3H3. The van der Waals surface area contributed by atoms with Gasteiger partial charge in [-0.1, -0.05) is 26.7 Å². The third-order valence-corrected chi connectivity index (χ3v) is 4.70. The number of nitrogens with one attached hydrogen (secondary N) is 1. The number of anilines is 1. The van der Waals surface area contributed by atoms with E-state index in [1.165, 1.54) is 25.7 Å². The third-order valence-electron chi connectivity index (χ3n) is 4.01. The maximum atomic E-state index is 5.29. The maximum absolute atomic E-state index is 5.29. The van der Waals surface area contributed by atoms with Crippen LogP contribution in [0.25, 0.3) is 0 Å². The van der Waals surface area contributed by atoms with Crippen LogP contribution in [0.15, 0.2) is 22.7 Å². The van der Waals surface area contributed by atoms with Gasteiger partial charge in [-0.05, 0) is 46.3 Å². The largest absolute Gasteiger partial charge is 0.497 e. The van der Waals surface area contributed by atoms with Crippen LogP contribution in [-0.4, -0.2) is 13.2 Å². The second kappa shape index (κ2) is 5.52. The Morgan fingerprint density at radius 1 is 1.33 bits per heavy atom. The smallest absolute Gasteiger partial charge is 0.121 e. The van der Waals surface area contributed by atoms with Gasteiger partial charge in [0.25, 0.3) is 0 Å². The lowest BCUT2D eigenvalue weighted by molar-refractivity contribution is 0.217. The summed E-state index contributed by atoms with van der Waals surface area (Å²) in [5.41, 5.74) is 1.50. The first-order valence-corrected chi connectivity index (χ1v) is 7.42. The van der Waals surface area contributed by atoms with Gasteiger partial charge in [-0.2, -0.15) is 0 Å². The summed E-state index contributed by atoms with van der Waals surface area (Å²) in [6.07, 6.45) is 5.22. The van der Waals surface area contributed by atoms with E-state index in [-0.39, 0.29) is 0 Å². The number of rotatable bonds is 3. The molecule has 1 aromatic carbocycles. The fourth-order valence-electron chi connectivity index (χ4n) is 2.69. The molecule has 1 aliphatic carbocycles. The van der Waals surface area contributed by atoms with Crippen molar-refractivity contribution in [2.45, 2.75) is 45.6 Å². The van der Waals surface area contributed by atoms with Gasteiger partial charge in [0.1, 0.15) is 5.75 Å². The van der Waals surface area contributed by atoms with Gasteiger partial charge in [0.05, 0.1) is 12.8 Å². The maximum Gasteiger partial charge on any atom is 0.121 e. The summed E-state index contributed by atoms with van der Waals surface area (Å²) in [6.45, 7) is 4.72. The molecular formula is C15H22BrNO. The first-order valence-electron chi connectivity index (χ1n) is 6.63. The fourth-order valence-corrected chi connectivity index (χ4v) is 3.05.